The first-order valence-electron chi connectivity index (χ1n) is 7.94. The Morgan fingerprint density at radius 3 is 2.38 bits per heavy atom. The molecule has 4 heteroatoms. The molecule has 0 saturated heterocycles. The van der Waals surface area contributed by atoms with Crippen molar-refractivity contribution in [3.05, 3.63) is 23.4 Å². The number of carbonyl (C=O) groups is 1. The van der Waals surface area contributed by atoms with E-state index in [0.717, 1.165) is 36.6 Å². The highest BCUT2D eigenvalue weighted by Crippen LogP contribution is 2.16. The SMILES string of the molecule is CCNc1cc(C(=O)N(CC(C)C)C(C)C)cc(CC)n1. The maximum absolute atomic E-state index is 12.8. The number of nitrogens with zero attached hydrogens (tertiary/aromatic N) is 2. The van der Waals surface area contributed by atoms with Gasteiger partial charge in [-0.1, -0.05) is 20.8 Å². The van der Waals surface area contributed by atoms with E-state index in [1.54, 1.807) is 0 Å². The van der Waals surface area contributed by atoms with Gasteiger partial charge in [0.05, 0.1) is 0 Å². The molecule has 0 atom stereocenters. The van der Waals surface area contributed by atoms with Crippen LogP contribution >= 0.6 is 0 Å². The summed E-state index contributed by atoms with van der Waals surface area (Å²) in [5.74, 6) is 1.33. The van der Waals surface area contributed by atoms with Gasteiger partial charge in [-0.2, -0.15) is 0 Å². The first-order chi connectivity index (χ1) is 9.88. The van der Waals surface area contributed by atoms with Crippen LogP contribution in [0.4, 0.5) is 5.82 Å². The molecule has 0 fully saturated rings. The maximum Gasteiger partial charge on any atom is 0.254 e. The van der Waals surface area contributed by atoms with Crippen molar-refractivity contribution >= 4 is 11.7 Å². The second-order valence-corrected chi connectivity index (χ2v) is 6.06. The lowest BCUT2D eigenvalue weighted by Gasteiger charge is -2.29. The minimum atomic E-state index is 0.0925. The summed E-state index contributed by atoms with van der Waals surface area (Å²) in [7, 11) is 0. The second kappa shape index (κ2) is 8.01. The zero-order chi connectivity index (χ0) is 16.0. The molecule has 1 N–H and O–H groups in total. The van der Waals surface area contributed by atoms with Crippen molar-refractivity contribution in [3.63, 3.8) is 0 Å². The van der Waals surface area contributed by atoms with Crippen molar-refractivity contribution in [2.75, 3.05) is 18.4 Å². The predicted octanol–water partition coefficient (Wildman–Crippen LogP) is 3.58. The molecule has 4 nitrogen and oxygen atoms in total. The van der Waals surface area contributed by atoms with E-state index < -0.39 is 0 Å². The Hall–Kier alpha value is -1.58. The molecule has 1 heterocycles. The van der Waals surface area contributed by atoms with Crippen LogP contribution in [0.1, 0.15) is 57.6 Å². The number of hydrogen-bond donors (Lipinski definition) is 1. The molecular formula is C17H29N3O. The molecule has 0 saturated carbocycles. The fraction of sp³-hybridized carbons (Fsp3) is 0.647. The van der Waals surface area contributed by atoms with Crippen LogP contribution < -0.4 is 5.32 Å². The summed E-state index contributed by atoms with van der Waals surface area (Å²) in [6.07, 6.45) is 0.825. The molecule has 118 valence electrons. The Bertz CT molecular complexity index is 469. The van der Waals surface area contributed by atoms with E-state index in [2.05, 4.69) is 44.9 Å². The zero-order valence-corrected chi connectivity index (χ0v) is 14.2. The van der Waals surface area contributed by atoms with Crippen LogP contribution in [0.3, 0.4) is 0 Å². The van der Waals surface area contributed by atoms with Crippen LogP contribution in [0.25, 0.3) is 0 Å². The Balaban J connectivity index is 3.10. The van der Waals surface area contributed by atoms with E-state index >= 15 is 0 Å². The van der Waals surface area contributed by atoms with Crippen molar-refractivity contribution in [1.82, 2.24) is 9.88 Å². The largest absolute Gasteiger partial charge is 0.370 e. The fourth-order valence-corrected chi connectivity index (χ4v) is 2.25. The van der Waals surface area contributed by atoms with Gasteiger partial charge in [0, 0.05) is 30.4 Å². The van der Waals surface area contributed by atoms with E-state index in [4.69, 9.17) is 0 Å². The molecule has 0 radical (unpaired) electrons. The van der Waals surface area contributed by atoms with Crippen LogP contribution in [0.15, 0.2) is 12.1 Å². The molecule has 21 heavy (non-hydrogen) atoms. The standard InChI is InChI=1S/C17H29N3O/c1-7-15-9-14(10-16(19-15)18-8-2)17(21)20(13(5)6)11-12(3)4/h9-10,12-13H,7-8,11H2,1-6H3,(H,18,19). The fourth-order valence-electron chi connectivity index (χ4n) is 2.25. The van der Waals surface area contributed by atoms with Crippen LogP contribution in [0.5, 0.6) is 0 Å². The number of hydrogen-bond acceptors (Lipinski definition) is 3. The van der Waals surface area contributed by atoms with Gasteiger partial charge in [0.2, 0.25) is 0 Å². The Labute approximate surface area is 129 Å². The van der Waals surface area contributed by atoms with Gasteiger partial charge < -0.3 is 10.2 Å². The van der Waals surface area contributed by atoms with Crippen LogP contribution in [-0.2, 0) is 6.42 Å². The van der Waals surface area contributed by atoms with Crippen molar-refractivity contribution in [2.45, 2.75) is 54.0 Å². The summed E-state index contributed by atoms with van der Waals surface area (Å²) in [4.78, 5) is 19.3. The molecule has 0 spiro atoms. The first-order valence-corrected chi connectivity index (χ1v) is 7.94. The highest BCUT2D eigenvalue weighted by atomic mass is 16.2. The van der Waals surface area contributed by atoms with Crippen LogP contribution in [0, 0.1) is 5.92 Å². The molecule has 0 aliphatic carbocycles. The third-order valence-corrected chi connectivity index (χ3v) is 3.29. The molecule has 0 aliphatic rings. The second-order valence-electron chi connectivity index (χ2n) is 6.06. The van der Waals surface area contributed by atoms with Gasteiger partial charge in [-0.25, -0.2) is 4.98 Å². The van der Waals surface area contributed by atoms with Gasteiger partial charge >= 0.3 is 0 Å². The van der Waals surface area contributed by atoms with E-state index in [1.807, 2.05) is 24.0 Å². The lowest BCUT2D eigenvalue weighted by molar-refractivity contribution is 0.0682. The van der Waals surface area contributed by atoms with Gasteiger partial charge in [-0.15, -0.1) is 0 Å². The van der Waals surface area contributed by atoms with Crippen molar-refractivity contribution in [3.8, 4) is 0 Å². The average Bonchev–Trinajstić information content (AvgIpc) is 2.43. The van der Waals surface area contributed by atoms with Gasteiger partial charge in [0.15, 0.2) is 0 Å². The third kappa shape index (κ3) is 5.03. The van der Waals surface area contributed by atoms with E-state index in [1.165, 1.54) is 0 Å². The number of carbonyl (C=O) groups excluding carboxylic acids is 1. The number of pyridine rings is 1. The molecule has 0 bridgehead atoms. The van der Waals surface area contributed by atoms with Gasteiger partial charge in [0.1, 0.15) is 5.82 Å². The number of amides is 1. The number of aromatic nitrogens is 1. The molecule has 1 aromatic heterocycles. The smallest absolute Gasteiger partial charge is 0.254 e. The molecule has 0 unspecified atom stereocenters. The summed E-state index contributed by atoms with van der Waals surface area (Å²) in [6, 6.07) is 3.97. The van der Waals surface area contributed by atoms with Crippen LogP contribution in [0.2, 0.25) is 0 Å². The summed E-state index contributed by atoms with van der Waals surface area (Å²) in [6.45, 7) is 14.1. The summed E-state index contributed by atoms with van der Waals surface area (Å²) < 4.78 is 0. The summed E-state index contributed by atoms with van der Waals surface area (Å²) in [5.41, 5.74) is 1.68. The lowest BCUT2D eigenvalue weighted by atomic mass is 10.1. The zero-order valence-electron chi connectivity index (χ0n) is 14.2. The topological polar surface area (TPSA) is 45.2 Å². The van der Waals surface area contributed by atoms with Gasteiger partial charge in [0.25, 0.3) is 5.91 Å². The monoisotopic (exact) mass is 291 g/mol. The summed E-state index contributed by atoms with van der Waals surface area (Å²) >= 11 is 0. The Morgan fingerprint density at radius 2 is 1.90 bits per heavy atom. The van der Waals surface area contributed by atoms with E-state index in [0.29, 0.717) is 5.92 Å². The predicted molar refractivity (Wildman–Crippen MR) is 88.8 cm³/mol. The summed E-state index contributed by atoms with van der Waals surface area (Å²) in [5, 5.41) is 3.20. The normalized spacial score (nSPS) is 11.0. The molecule has 0 aromatic carbocycles. The first kappa shape index (κ1) is 17.5. The van der Waals surface area contributed by atoms with Crippen molar-refractivity contribution < 1.29 is 4.79 Å². The number of nitrogens with one attached hydrogen (secondary N) is 1. The lowest BCUT2D eigenvalue weighted by Crippen LogP contribution is -2.39. The molecule has 1 aromatic rings. The highest BCUT2D eigenvalue weighted by Gasteiger charge is 2.20. The molecule has 1 amide bonds. The number of rotatable bonds is 7. The molecule has 0 aliphatic heterocycles. The van der Waals surface area contributed by atoms with Crippen LogP contribution in [-0.4, -0.2) is 34.9 Å². The van der Waals surface area contributed by atoms with E-state index in [9.17, 15) is 4.79 Å². The quantitative estimate of drug-likeness (QED) is 0.835. The maximum atomic E-state index is 12.8. The Kier molecular flexibility index (Phi) is 6.66. The van der Waals surface area contributed by atoms with Gasteiger partial charge in [-0.3, -0.25) is 4.79 Å². The highest BCUT2D eigenvalue weighted by molar-refractivity contribution is 5.95. The van der Waals surface area contributed by atoms with Crippen molar-refractivity contribution in [2.24, 2.45) is 5.92 Å². The Morgan fingerprint density at radius 1 is 1.24 bits per heavy atom. The third-order valence-electron chi connectivity index (χ3n) is 3.29. The minimum absolute atomic E-state index is 0.0925. The number of aryl methyl sites for hydroxylation is 1. The average molecular weight is 291 g/mol. The minimum Gasteiger partial charge on any atom is -0.370 e. The van der Waals surface area contributed by atoms with Crippen molar-refractivity contribution in [1.29, 1.82) is 0 Å². The number of anilines is 1. The molecule has 1 rings (SSSR count). The van der Waals surface area contributed by atoms with Gasteiger partial charge in [-0.05, 0) is 45.2 Å². The van der Waals surface area contributed by atoms with E-state index in [-0.39, 0.29) is 11.9 Å². The molecular weight excluding hydrogens is 262 g/mol.